The van der Waals surface area contributed by atoms with Crippen LogP contribution in [0.15, 0.2) is 41.4 Å². The fourth-order valence-corrected chi connectivity index (χ4v) is 4.76. The molecule has 0 bridgehead atoms. The fourth-order valence-electron chi connectivity index (χ4n) is 3.16. The quantitative estimate of drug-likeness (QED) is 0.845. The molecule has 1 aliphatic rings. The molecule has 2 heterocycles. The Morgan fingerprint density at radius 2 is 1.75 bits per heavy atom. The summed E-state index contributed by atoms with van der Waals surface area (Å²) < 4.78 is 29.5. The molecule has 0 atom stereocenters. The lowest BCUT2D eigenvalue weighted by Crippen LogP contribution is -2.44. The zero-order valence-electron chi connectivity index (χ0n) is 14.4. The summed E-state index contributed by atoms with van der Waals surface area (Å²) in [6.07, 6.45) is 3.31. The van der Waals surface area contributed by atoms with Gasteiger partial charge in [-0.3, -0.25) is 4.68 Å². The highest BCUT2D eigenvalue weighted by atomic mass is 32.2. The maximum atomic E-state index is 13.2. The van der Waals surface area contributed by atoms with Crippen molar-refractivity contribution in [3.05, 3.63) is 36.5 Å². The second-order valence-corrected chi connectivity index (χ2v) is 8.40. The van der Waals surface area contributed by atoms with E-state index in [1.54, 1.807) is 25.0 Å². The number of aromatic nitrogens is 2. The maximum Gasteiger partial charge on any atom is 0.246 e. The average molecular weight is 348 g/mol. The van der Waals surface area contributed by atoms with Gasteiger partial charge < -0.3 is 4.90 Å². The first-order valence-electron chi connectivity index (χ1n) is 8.15. The molecule has 24 heavy (non-hydrogen) atoms. The van der Waals surface area contributed by atoms with Crippen molar-refractivity contribution in [3.8, 4) is 11.3 Å². The van der Waals surface area contributed by atoms with Gasteiger partial charge in [-0.25, -0.2) is 8.42 Å². The van der Waals surface area contributed by atoms with E-state index in [-0.39, 0.29) is 10.9 Å². The van der Waals surface area contributed by atoms with Crippen molar-refractivity contribution in [1.29, 1.82) is 0 Å². The number of hydrogen-bond acceptors (Lipinski definition) is 4. The van der Waals surface area contributed by atoms with Crippen molar-refractivity contribution in [2.24, 2.45) is 7.05 Å². The van der Waals surface area contributed by atoms with Gasteiger partial charge in [0.25, 0.3) is 0 Å². The Kier molecular flexibility index (Phi) is 4.76. The minimum absolute atomic E-state index is 0.0371. The first kappa shape index (κ1) is 17.1. The number of aryl methyl sites for hydroxylation is 1. The van der Waals surface area contributed by atoms with Crippen molar-refractivity contribution in [1.82, 2.24) is 19.0 Å². The van der Waals surface area contributed by atoms with Gasteiger partial charge in [0.1, 0.15) is 10.6 Å². The fraction of sp³-hybridized carbons (Fsp3) is 0.471. The molecular formula is C17H24N4O2S. The summed E-state index contributed by atoms with van der Waals surface area (Å²) in [6, 6.07) is 9.50. The van der Waals surface area contributed by atoms with Crippen LogP contribution in [0.3, 0.4) is 0 Å². The van der Waals surface area contributed by atoms with E-state index in [0.717, 1.165) is 31.5 Å². The zero-order chi connectivity index (χ0) is 17.3. The second-order valence-electron chi connectivity index (χ2n) is 6.44. The average Bonchev–Trinajstić information content (AvgIpc) is 2.98. The SMILES string of the molecule is CN1CCC(N(C)S(=O)(=O)c2cn(C)nc2-c2ccccc2)CC1. The normalized spacial score (nSPS) is 17.5. The molecule has 0 unspecified atom stereocenters. The molecule has 1 saturated heterocycles. The molecule has 0 radical (unpaired) electrons. The predicted molar refractivity (Wildman–Crippen MR) is 94.1 cm³/mol. The monoisotopic (exact) mass is 348 g/mol. The summed E-state index contributed by atoms with van der Waals surface area (Å²) in [6.45, 7) is 1.84. The number of nitrogens with zero attached hydrogens (tertiary/aromatic N) is 4. The number of likely N-dealkylation sites (tertiary alicyclic amines) is 1. The van der Waals surface area contributed by atoms with Gasteiger partial charge in [-0.1, -0.05) is 30.3 Å². The molecule has 1 aliphatic heterocycles. The van der Waals surface area contributed by atoms with Crippen molar-refractivity contribution in [3.63, 3.8) is 0 Å². The lowest BCUT2D eigenvalue weighted by Gasteiger charge is -2.34. The van der Waals surface area contributed by atoms with Crippen LogP contribution < -0.4 is 0 Å². The minimum atomic E-state index is -3.58. The summed E-state index contributed by atoms with van der Waals surface area (Å²) in [5.74, 6) is 0. The number of sulfonamides is 1. The molecule has 6 nitrogen and oxygen atoms in total. The summed E-state index contributed by atoms with van der Waals surface area (Å²) in [5, 5.41) is 4.39. The van der Waals surface area contributed by atoms with Crippen LogP contribution in [0.5, 0.6) is 0 Å². The third-order valence-corrected chi connectivity index (χ3v) is 6.61. The van der Waals surface area contributed by atoms with E-state index >= 15 is 0 Å². The van der Waals surface area contributed by atoms with Gasteiger partial charge in [-0.2, -0.15) is 9.40 Å². The van der Waals surface area contributed by atoms with Crippen molar-refractivity contribution < 1.29 is 8.42 Å². The molecule has 0 amide bonds. The van der Waals surface area contributed by atoms with E-state index in [1.165, 1.54) is 4.31 Å². The highest BCUT2D eigenvalue weighted by Crippen LogP contribution is 2.29. The van der Waals surface area contributed by atoms with Gasteiger partial charge in [0, 0.05) is 31.9 Å². The van der Waals surface area contributed by atoms with Crippen LogP contribution in [0.2, 0.25) is 0 Å². The highest BCUT2D eigenvalue weighted by Gasteiger charge is 2.33. The lowest BCUT2D eigenvalue weighted by molar-refractivity contribution is 0.197. The molecule has 1 fully saturated rings. The molecule has 0 saturated carbocycles. The summed E-state index contributed by atoms with van der Waals surface area (Å²) >= 11 is 0. The molecule has 3 rings (SSSR count). The Hall–Kier alpha value is -1.70. The molecule has 0 N–H and O–H groups in total. The molecule has 0 aliphatic carbocycles. The van der Waals surface area contributed by atoms with E-state index in [4.69, 9.17) is 0 Å². The summed E-state index contributed by atoms with van der Waals surface area (Å²) in [5.41, 5.74) is 1.33. The van der Waals surface area contributed by atoms with Gasteiger partial charge >= 0.3 is 0 Å². The Balaban J connectivity index is 1.96. The van der Waals surface area contributed by atoms with Crippen LogP contribution in [-0.2, 0) is 17.1 Å². The Bertz CT molecular complexity index is 793. The lowest BCUT2D eigenvalue weighted by atomic mass is 10.1. The minimum Gasteiger partial charge on any atom is -0.306 e. The van der Waals surface area contributed by atoms with E-state index < -0.39 is 10.0 Å². The maximum absolute atomic E-state index is 13.2. The van der Waals surface area contributed by atoms with Gasteiger partial charge in [0.15, 0.2) is 0 Å². The van der Waals surface area contributed by atoms with Crippen LogP contribution in [0, 0.1) is 0 Å². The second kappa shape index (κ2) is 6.66. The van der Waals surface area contributed by atoms with Crippen molar-refractivity contribution in [2.45, 2.75) is 23.8 Å². The topological polar surface area (TPSA) is 58.4 Å². The molecule has 0 spiro atoms. The molecule has 2 aromatic rings. The summed E-state index contributed by atoms with van der Waals surface area (Å²) in [7, 11) is 1.92. The number of hydrogen-bond donors (Lipinski definition) is 0. The van der Waals surface area contributed by atoms with E-state index in [2.05, 4.69) is 17.0 Å². The van der Waals surface area contributed by atoms with Crippen molar-refractivity contribution >= 4 is 10.0 Å². The third-order valence-electron chi connectivity index (χ3n) is 4.70. The Labute approximate surface area is 143 Å². The Morgan fingerprint density at radius 1 is 1.12 bits per heavy atom. The van der Waals surface area contributed by atoms with Crippen LogP contribution in [0.4, 0.5) is 0 Å². The zero-order valence-corrected chi connectivity index (χ0v) is 15.2. The van der Waals surface area contributed by atoms with Gasteiger partial charge in [-0.05, 0) is 33.0 Å². The van der Waals surface area contributed by atoms with Gasteiger partial charge in [-0.15, -0.1) is 0 Å². The van der Waals surface area contributed by atoms with Crippen LogP contribution in [-0.4, -0.2) is 60.6 Å². The molecule has 7 heteroatoms. The van der Waals surface area contributed by atoms with Crippen LogP contribution in [0.1, 0.15) is 12.8 Å². The number of rotatable bonds is 4. The van der Waals surface area contributed by atoms with Gasteiger partial charge in [0.05, 0.1) is 0 Å². The first-order chi connectivity index (χ1) is 11.4. The number of piperidine rings is 1. The largest absolute Gasteiger partial charge is 0.306 e. The van der Waals surface area contributed by atoms with E-state index in [0.29, 0.717) is 5.69 Å². The molecule has 1 aromatic carbocycles. The predicted octanol–water partition coefficient (Wildman–Crippen LogP) is 1.80. The third kappa shape index (κ3) is 3.24. The van der Waals surface area contributed by atoms with E-state index in [9.17, 15) is 8.42 Å². The molecular weight excluding hydrogens is 324 g/mol. The smallest absolute Gasteiger partial charge is 0.246 e. The van der Waals surface area contributed by atoms with Crippen LogP contribution in [0.25, 0.3) is 11.3 Å². The van der Waals surface area contributed by atoms with Crippen molar-refractivity contribution in [2.75, 3.05) is 27.2 Å². The standard InChI is InChI=1S/C17H24N4O2S/c1-19-11-9-15(10-12-19)21(3)24(22,23)16-13-20(2)18-17(16)14-7-5-4-6-8-14/h4-8,13,15H,9-12H2,1-3H3. The Morgan fingerprint density at radius 3 is 2.38 bits per heavy atom. The molecule has 130 valence electrons. The number of benzene rings is 1. The van der Waals surface area contributed by atoms with Crippen LogP contribution >= 0.6 is 0 Å². The molecule has 1 aromatic heterocycles. The first-order valence-corrected chi connectivity index (χ1v) is 9.59. The summed E-state index contributed by atoms with van der Waals surface area (Å²) in [4.78, 5) is 2.51. The van der Waals surface area contributed by atoms with E-state index in [1.807, 2.05) is 30.3 Å². The highest BCUT2D eigenvalue weighted by molar-refractivity contribution is 7.89. The van der Waals surface area contributed by atoms with Gasteiger partial charge in [0.2, 0.25) is 10.0 Å².